The Balaban J connectivity index is 1.29. The molecule has 2 bridgehead atoms. The van der Waals surface area contributed by atoms with Crippen LogP contribution in [0, 0.1) is 17.8 Å². The number of carbonyl (C=O) groups excluding carboxylic acids is 2. The molecule has 0 radical (unpaired) electrons. The highest BCUT2D eigenvalue weighted by atomic mass is 16.5. The van der Waals surface area contributed by atoms with E-state index in [0.717, 1.165) is 24.2 Å². The molecule has 2 N–H and O–H groups in total. The Morgan fingerprint density at radius 3 is 2.72 bits per heavy atom. The molecule has 168 valence electrons. The monoisotopic (exact) mass is 436 g/mol. The van der Waals surface area contributed by atoms with Gasteiger partial charge in [0.15, 0.2) is 5.72 Å². The fraction of sp³-hybridized carbons (Fsp3) is 0.440. The van der Waals surface area contributed by atoms with Crippen molar-refractivity contribution in [3.63, 3.8) is 0 Å². The fourth-order valence-electron chi connectivity index (χ4n) is 5.54. The Labute approximate surface area is 187 Å². The van der Waals surface area contributed by atoms with Gasteiger partial charge in [-0.2, -0.15) is 0 Å². The SMILES string of the molecule is COc1cccc(CNC(=O)[C@H]2C[C@H]3CC[C@H]2C[C@]32NC(=O)c3ccc(OC)cc3O2)c1. The molecule has 1 heterocycles. The fourth-order valence-corrected chi connectivity index (χ4v) is 5.54. The van der Waals surface area contributed by atoms with Gasteiger partial charge in [0.2, 0.25) is 5.91 Å². The number of ether oxygens (including phenoxy) is 3. The normalized spacial score (nSPS) is 27.8. The van der Waals surface area contributed by atoms with Crippen molar-refractivity contribution in [3.8, 4) is 17.2 Å². The molecule has 4 atom stereocenters. The zero-order valence-corrected chi connectivity index (χ0v) is 18.4. The summed E-state index contributed by atoms with van der Waals surface area (Å²) < 4.78 is 17.0. The molecule has 0 unspecified atom stereocenters. The van der Waals surface area contributed by atoms with E-state index in [4.69, 9.17) is 14.2 Å². The standard InChI is InChI=1S/C25H28N2O5/c1-30-18-5-3-4-15(10-18)14-26-23(28)21-11-17-7-6-16(21)13-25(17)27-24(29)20-9-8-19(31-2)12-22(20)32-25/h3-5,8-10,12,16-17,21H,6-7,11,13-14H2,1-2H3,(H,26,28)(H,27,29)/t16-,17+,21-,25+/m0/s1. The lowest BCUT2D eigenvalue weighted by Crippen LogP contribution is -2.66. The van der Waals surface area contributed by atoms with Crippen LogP contribution < -0.4 is 24.8 Å². The number of carbonyl (C=O) groups is 2. The van der Waals surface area contributed by atoms with Crippen molar-refractivity contribution in [1.29, 1.82) is 0 Å². The maximum absolute atomic E-state index is 13.0. The quantitative estimate of drug-likeness (QED) is 0.751. The average molecular weight is 437 g/mol. The summed E-state index contributed by atoms with van der Waals surface area (Å²) in [5, 5.41) is 6.24. The number of methoxy groups -OCH3 is 2. The Kier molecular flexibility index (Phi) is 5.19. The second-order valence-corrected chi connectivity index (χ2v) is 8.96. The van der Waals surface area contributed by atoms with Crippen LogP contribution >= 0.6 is 0 Å². The molecule has 1 aliphatic heterocycles. The molecule has 0 saturated heterocycles. The molecule has 2 aromatic rings. The van der Waals surface area contributed by atoms with E-state index in [1.807, 2.05) is 24.3 Å². The van der Waals surface area contributed by atoms with E-state index in [0.29, 0.717) is 36.4 Å². The summed E-state index contributed by atoms with van der Waals surface area (Å²) in [6, 6.07) is 13.0. The third kappa shape index (κ3) is 3.55. The second-order valence-electron chi connectivity index (χ2n) is 8.96. The molecule has 6 rings (SSSR count). The Morgan fingerprint density at radius 2 is 1.97 bits per heavy atom. The first kappa shape index (κ1) is 20.7. The van der Waals surface area contributed by atoms with Crippen LogP contribution in [-0.4, -0.2) is 31.8 Å². The molecule has 4 aliphatic rings. The van der Waals surface area contributed by atoms with Gasteiger partial charge in [-0.05, 0) is 55.0 Å². The molecule has 0 aromatic heterocycles. The highest BCUT2D eigenvalue weighted by Gasteiger charge is 2.57. The highest BCUT2D eigenvalue weighted by Crippen LogP contribution is 2.52. The maximum Gasteiger partial charge on any atom is 0.258 e. The van der Waals surface area contributed by atoms with Crippen molar-refractivity contribution in [3.05, 3.63) is 53.6 Å². The van der Waals surface area contributed by atoms with Gasteiger partial charge in [0, 0.05) is 30.9 Å². The van der Waals surface area contributed by atoms with Gasteiger partial charge in [0.1, 0.15) is 17.2 Å². The molecule has 1 spiro atoms. The van der Waals surface area contributed by atoms with Crippen molar-refractivity contribution in [1.82, 2.24) is 10.6 Å². The number of nitrogens with one attached hydrogen (secondary N) is 2. The van der Waals surface area contributed by atoms with Crippen LogP contribution in [0.25, 0.3) is 0 Å². The lowest BCUT2D eigenvalue weighted by molar-refractivity contribution is -0.146. The lowest BCUT2D eigenvalue weighted by atomic mass is 9.60. The summed E-state index contributed by atoms with van der Waals surface area (Å²) in [6.45, 7) is 0.468. The smallest absolute Gasteiger partial charge is 0.258 e. The van der Waals surface area contributed by atoms with Crippen molar-refractivity contribution >= 4 is 11.8 Å². The minimum Gasteiger partial charge on any atom is -0.497 e. The molecule has 32 heavy (non-hydrogen) atoms. The minimum atomic E-state index is -0.747. The van der Waals surface area contributed by atoms with Gasteiger partial charge in [0.05, 0.1) is 19.8 Å². The molecule has 3 fully saturated rings. The van der Waals surface area contributed by atoms with E-state index in [2.05, 4.69) is 10.6 Å². The predicted molar refractivity (Wildman–Crippen MR) is 118 cm³/mol. The van der Waals surface area contributed by atoms with Crippen molar-refractivity contribution in [2.45, 2.75) is 38.0 Å². The number of hydrogen-bond acceptors (Lipinski definition) is 5. The second kappa shape index (κ2) is 8.04. The topological polar surface area (TPSA) is 85.9 Å². The Morgan fingerprint density at radius 1 is 1.16 bits per heavy atom. The summed E-state index contributed by atoms with van der Waals surface area (Å²) in [5.74, 6) is 2.11. The number of amides is 2. The first-order valence-electron chi connectivity index (χ1n) is 11.1. The lowest BCUT2D eigenvalue weighted by Gasteiger charge is -2.55. The van der Waals surface area contributed by atoms with Crippen molar-refractivity contribution in [2.75, 3.05) is 14.2 Å². The third-order valence-electron chi connectivity index (χ3n) is 7.21. The summed E-state index contributed by atoms with van der Waals surface area (Å²) >= 11 is 0. The molecule has 2 amide bonds. The van der Waals surface area contributed by atoms with Gasteiger partial charge >= 0.3 is 0 Å². The zero-order valence-electron chi connectivity index (χ0n) is 18.4. The number of fused-ring (bicyclic) bond motifs is 3. The van der Waals surface area contributed by atoms with Crippen LogP contribution in [0.4, 0.5) is 0 Å². The van der Waals surface area contributed by atoms with E-state index in [1.54, 1.807) is 32.4 Å². The van der Waals surface area contributed by atoms with E-state index in [-0.39, 0.29) is 29.6 Å². The molecule has 3 aliphatic carbocycles. The van der Waals surface area contributed by atoms with Gasteiger partial charge in [-0.15, -0.1) is 0 Å². The zero-order chi connectivity index (χ0) is 22.3. The summed E-state index contributed by atoms with van der Waals surface area (Å²) in [6.07, 6.45) is 3.24. The van der Waals surface area contributed by atoms with Crippen LogP contribution in [0.15, 0.2) is 42.5 Å². The van der Waals surface area contributed by atoms with Crippen LogP contribution in [0.3, 0.4) is 0 Å². The number of rotatable bonds is 5. The van der Waals surface area contributed by atoms with Gasteiger partial charge in [-0.1, -0.05) is 12.1 Å². The van der Waals surface area contributed by atoms with E-state index >= 15 is 0 Å². The Bertz CT molecular complexity index is 1050. The van der Waals surface area contributed by atoms with Crippen molar-refractivity contribution < 1.29 is 23.8 Å². The summed E-state index contributed by atoms with van der Waals surface area (Å²) in [4.78, 5) is 25.9. The van der Waals surface area contributed by atoms with Crippen LogP contribution in [0.2, 0.25) is 0 Å². The van der Waals surface area contributed by atoms with Gasteiger partial charge in [0.25, 0.3) is 5.91 Å². The van der Waals surface area contributed by atoms with Gasteiger partial charge in [-0.25, -0.2) is 0 Å². The molecule has 7 heteroatoms. The Hall–Kier alpha value is -3.22. The van der Waals surface area contributed by atoms with E-state index in [1.165, 1.54) is 0 Å². The van der Waals surface area contributed by atoms with E-state index < -0.39 is 5.72 Å². The van der Waals surface area contributed by atoms with Crippen LogP contribution in [0.5, 0.6) is 17.2 Å². The number of benzene rings is 2. The van der Waals surface area contributed by atoms with Gasteiger partial charge in [-0.3, -0.25) is 9.59 Å². The maximum atomic E-state index is 13.0. The van der Waals surface area contributed by atoms with Crippen molar-refractivity contribution in [2.24, 2.45) is 17.8 Å². The molecule has 2 aromatic carbocycles. The molecular formula is C25H28N2O5. The third-order valence-corrected chi connectivity index (χ3v) is 7.21. The average Bonchev–Trinajstić information content (AvgIpc) is 2.82. The molecular weight excluding hydrogens is 408 g/mol. The first-order valence-corrected chi connectivity index (χ1v) is 11.1. The van der Waals surface area contributed by atoms with Crippen LogP contribution in [-0.2, 0) is 11.3 Å². The largest absolute Gasteiger partial charge is 0.497 e. The molecule has 7 nitrogen and oxygen atoms in total. The van der Waals surface area contributed by atoms with E-state index in [9.17, 15) is 9.59 Å². The molecule has 3 saturated carbocycles. The summed E-state index contributed by atoms with van der Waals surface area (Å²) in [5.41, 5.74) is 0.775. The van der Waals surface area contributed by atoms with Gasteiger partial charge < -0.3 is 24.8 Å². The summed E-state index contributed by atoms with van der Waals surface area (Å²) in [7, 11) is 3.23. The first-order chi connectivity index (χ1) is 15.5. The van der Waals surface area contributed by atoms with Crippen LogP contribution in [0.1, 0.15) is 41.6 Å². The predicted octanol–water partition coefficient (Wildman–Crippen LogP) is 3.27. The number of hydrogen-bond donors (Lipinski definition) is 2. The minimum absolute atomic E-state index is 0.0709. The highest BCUT2D eigenvalue weighted by molar-refractivity contribution is 5.98.